The average Bonchev–Trinajstić information content (AvgIpc) is 2.65. The van der Waals surface area contributed by atoms with Crippen LogP contribution in [0.25, 0.3) is 0 Å². The van der Waals surface area contributed by atoms with Crippen molar-refractivity contribution in [2.24, 2.45) is 0 Å². The van der Waals surface area contributed by atoms with Crippen LogP contribution in [0.5, 0.6) is 0 Å². The van der Waals surface area contributed by atoms with Crippen LogP contribution in [0.2, 0.25) is 0 Å². The maximum atomic E-state index is 10.8. The first-order chi connectivity index (χ1) is 13.0. The van der Waals surface area contributed by atoms with Crippen molar-refractivity contribution in [1.29, 1.82) is 0 Å². The molecule has 0 aromatic rings. The zero-order valence-corrected chi connectivity index (χ0v) is 22.2. The molecule has 4 nitrogen and oxygen atoms in total. The van der Waals surface area contributed by atoms with Gasteiger partial charge in [0.15, 0.2) is 5.12 Å². The fourth-order valence-corrected chi connectivity index (χ4v) is 5.51. The zero-order valence-electron chi connectivity index (χ0n) is 18.6. The van der Waals surface area contributed by atoms with E-state index in [1.54, 1.807) is 0 Å². The van der Waals surface area contributed by atoms with Gasteiger partial charge < -0.3 is 9.90 Å². The molecule has 1 aliphatic rings. The van der Waals surface area contributed by atoms with Gasteiger partial charge in [-0.3, -0.25) is 9.59 Å². The van der Waals surface area contributed by atoms with E-state index in [9.17, 15) is 14.4 Å². The van der Waals surface area contributed by atoms with Crippen LogP contribution in [0, 0.1) is 0 Å². The van der Waals surface area contributed by atoms with Gasteiger partial charge in [-0.05, 0) is 25.7 Å². The summed E-state index contributed by atoms with van der Waals surface area (Å²) in [5, 5.41) is 9.78. The molecule has 0 bridgehead atoms. The molecular formula is C21H37NaO4S2. The van der Waals surface area contributed by atoms with Gasteiger partial charge in [0.05, 0.1) is 0 Å². The predicted octanol–water partition coefficient (Wildman–Crippen LogP) is 1.59. The first-order valence-corrected chi connectivity index (χ1v) is 11.7. The summed E-state index contributed by atoms with van der Waals surface area (Å²) in [7, 11) is 0.750. The van der Waals surface area contributed by atoms with Gasteiger partial charge in [-0.2, -0.15) is 7.11 Å². The summed E-state index contributed by atoms with van der Waals surface area (Å²) in [5.41, 5.74) is 1.03. The van der Waals surface area contributed by atoms with Crippen molar-refractivity contribution in [3.05, 3.63) is 11.6 Å². The van der Waals surface area contributed by atoms with Crippen LogP contribution in [0.15, 0.2) is 11.6 Å². The number of thioether (sulfide) groups is 2. The zero-order chi connectivity index (χ0) is 21.1. The number of carbonyl (C=O) groups is 3. The van der Waals surface area contributed by atoms with E-state index in [0.717, 1.165) is 56.2 Å². The molecule has 0 aromatic heterocycles. The third kappa shape index (κ3) is 17.3. The third-order valence-corrected chi connectivity index (χ3v) is 6.69. The van der Waals surface area contributed by atoms with E-state index < -0.39 is 0 Å². The SMILES string of the molecule is CCCC(CC=O)SC(C)=O.CCCC1CC=C(C=O)C(CCC)S1.C[O-].[Na+]. The molecule has 0 aromatic carbocycles. The molecule has 7 heteroatoms. The first-order valence-electron chi connectivity index (χ1n) is 9.84. The molecule has 0 fully saturated rings. The summed E-state index contributed by atoms with van der Waals surface area (Å²) < 4.78 is 0. The number of hydrogen-bond donors (Lipinski definition) is 0. The molecule has 1 aliphatic heterocycles. The van der Waals surface area contributed by atoms with Crippen molar-refractivity contribution in [1.82, 2.24) is 0 Å². The van der Waals surface area contributed by atoms with Crippen LogP contribution >= 0.6 is 23.5 Å². The van der Waals surface area contributed by atoms with Gasteiger partial charge in [0.2, 0.25) is 0 Å². The molecule has 1 heterocycles. The Morgan fingerprint density at radius 1 is 1.21 bits per heavy atom. The molecule has 0 spiro atoms. The van der Waals surface area contributed by atoms with Crippen molar-refractivity contribution in [2.45, 2.75) is 94.8 Å². The number of rotatable bonds is 10. The Balaban J connectivity index is -0.000000407. The summed E-state index contributed by atoms with van der Waals surface area (Å²) in [4.78, 5) is 31.6. The van der Waals surface area contributed by atoms with Crippen LogP contribution in [-0.4, -0.2) is 40.5 Å². The first kappa shape index (κ1) is 33.1. The molecule has 1 rings (SSSR count). The fourth-order valence-electron chi connectivity index (χ4n) is 2.78. The van der Waals surface area contributed by atoms with Gasteiger partial charge >= 0.3 is 29.6 Å². The molecule has 0 saturated carbocycles. The minimum Gasteiger partial charge on any atom is -0.857 e. The largest absolute Gasteiger partial charge is 1.00 e. The van der Waals surface area contributed by atoms with E-state index in [0.29, 0.717) is 11.7 Å². The van der Waals surface area contributed by atoms with E-state index >= 15 is 0 Å². The van der Waals surface area contributed by atoms with Crippen molar-refractivity contribution < 1.29 is 49.0 Å². The molecule has 0 radical (unpaired) electrons. The second-order valence-corrected chi connectivity index (χ2v) is 9.29. The minimum atomic E-state index is 0. The van der Waals surface area contributed by atoms with E-state index in [2.05, 4.69) is 26.8 Å². The minimum absolute atomic E-state index is 0. The van der Waals surface area contributed by atoms with Crippen LogP contribution < -0.4 is 34.7 Å². The van der Waals surface area contributed by atoms with Crippen LogP contribution in [0.3, 0.4) is 0 Å². The summed E-state index contributed by atoms with van der Waals surface area (Å²) in [6.45, 7) is 8.01. The number of allylic oxidation sites excluding steroid dienone is 1. The number of aldehydes is 2. The monoisotopic (exact) mass is 440 g/mol. The number of hydrogen-bond acceptors (Lipinski definition) is 6. The van der Waals surface area contributed by atoms with Crippen molar-refractivity contribution in [3.8, 4) is 0 Å². The van der Waals surface area contributed by atoms with Crippen LogP contribution in [0.4, 0.5) is 0 Å². The molecule has 158 valence electrons. The summed E-state index contributed by atoms with van der Waals surface area (Å²) in [5.74, 6) is 0. The maximum Gasteiger partial charge on any atom is 1.00 e. The fraction of sp³-hybridized carbons (Fsp3) is 0.762. The average molecular weight is 441 g/mol. The van der Waals surface area contributed by atoms with Gasteiger partial charge in [0, 0.05) is 34.7 Å². The van der Waals surface area contributed by atoms with Crippen molar-refractivity contribution in [3.63, 3.8) is 0 Å². The molecule has 0 amide bonds. The molecule has 3 atom stereocenters. The second-order valence-electron chi connectivity index (χ2n) is 6.30. The van der Waals surface area contributed by atoms with Gasteiger partial charge in [-0.15, -0.1) is 11.8 Å². The van der Waals surface area contributed by atoms with E-state index in [4.69, 9.17) is 5.11 Å². The number of carbonyl (C=O) groups excluding carboxylic acids is 3. The smallest absolute Gasteiger partial charge is 0.857 e. The van der Waals surface area contributed by atoms with Crippen molar-refractivity contribution >= 4 is 41.2 Å². The Hall–Kier alpha value is 0.410. The Morgan fingerprint density at radius 3 is 2.25 bits per heavy atom. The van der Waals surface area contributed by atoms with Crippen LogP contribution in [-0.2, 0) is 14.4 Å². The van der Waals surface area contributed by atoms with E-state index in [1.165, 1.54) is 37.9 Å². The standard InChI is InChI=1S/C12H20OS.C8H14O2S.CH3O.Na/c1-3-5-11-8-7-10(9-13)12(14-11)6-4-2;1-3-4-8(5-6-9)11-7(2)10;1-2;/h7,9,11-12H,3-6,8H2,1-2H3;6,8H,3-5H2,1-2H3;1H3;/q;;-1;+1. The molecule has 0 aliphatic carbocycles. The quantitative estimate of drug-likeness (QED) is 0.379. The Labute approximate surface area is 202 Å². The van der Waals surface area contributed by atoms with Gasteiger partial charge in [0.1, 0.15) is 12.6 Å². The Kier molecular flexibility index (Phi) is 28.0. The topological polar surface area (TPSA) is 74.3 Å². The van der Waals surface area contributed by atoms with Crippen LogP contribution in [0.1, 0.15) is 79.1 Å². The van der Waals surface area contributed by atoms with E-state index in [-0.39, 0.29) is 39.9 Å². The summed E-state index contributed by atoms with van der Waals surface area (Å²) in [6, 6.07) is 0. The van der Waals surface area contributed by atoms with Gasteiger partial charge in [-0.25, -0.2) is 0 Å². The summed E-state index contributed by atoms with van der Waals surface area (Å²) in [6.07, 6.45) is 12.5. The second kappa shape index (κ2) is 23.7. The Morgan fingerprint density at radius 2 is 1.82 bits per heavy atom. The molecule has 3 unspecified atom stereocenters. The third-order valence-electron chi connectivity index (χ3n) is 3.94. The molecule has 28 heavy (non-hydrogen) atoms. The molecule has 0 saturated heterocycles. The van der Waals surface area contributed by atoms with Gasteiger partial charge in [0.25, 0.3) is 0 Å². The maximum absolute atomic E-state index is 10.8. The van der Waals surface area contributed by atoms with Gasteiger partial charge in [-0.1, -0.05) is 57.9 Å². The Bertz CT molecular complexity index is 431. The molecular weight excluding hydrogens is 403 g/mol. The normalized spacial score (nSPS) is 18.7. The van der Waals surface area contributed by atoms with Crippen molar-refractivity contribution in [2.75, 3.05) is 7.11 Å². The molecule has 0 N–H and O–H groups in total. The predicted molar refractivity (Wildman–Crippen MR) is 117 cm³/mol. The summed E-state index contributed by atoms with van der Waals surface area (Å²) >= 11 is 3.29. The van der Waals surface area contributed by atoms with E-state index in [1.807, 2.05) is 11.8 Å².